The summed E-state index contributed by atoms with van der Waals surface area (Å²) in [5.74, 6) is 1.60. The lowest BCUT2D eigenvalue weighted by Crippen LogP contribution is -2.44. The molecule has 0 heterocycles. The van der Waals surface area contributed by atoms with E-state index in [9.17, 15) is 0 Å². The minimum Gasteiger partial charge on any atom is -0.0619 e. The average Bonchev–Trinajstić information content (AvgIpc) is 3.01. The molecule has 2 fully saturated rings. The van der Waals surface area contributed by atoms with E-state index in [1.807, 2.05) is 6.07 Å². The molecular weight excluding hydrogens is 300 g/mol. The number of hydrogen-bond donors (Lipinski definition) is 0. The molecule has 0 aliphatic heterocycles. The first-order chi connectivity index (χ1) is 12.4. The summed E-state index contributed by atoms with van der Waals surface area (Å²) < 4.78 is 0. The van der Waals surface area contributed by atoms with Gasteiger partial charge in [0.15, 0.2) is 0 Å². The van der Waals surface area contributed by atoms with E-state index in [0.29, 0.717) is 0 Å². The van der Waals surface area contributed by atoms with Crippen molar-refractivity contribution in [2.75, 3.05) is 0 Å². The van der Waals surface area contributed by atoms with Gasteiger partial charge in [-0.15, -0.1) is 0 Å². The summed E-state index contributed by atoms with van der Waals surface area (Å²) in [4.78, 5) is 0. The maximum Gasteiger partial charge on any atom is 0.0271 e. The van der Waals surface area contributed by atoms with Gasteiger partial charge in [0, 0.05) is 5.41 Å². The van der Waals surface area contributed by atoms with Crippen LogP contribution < -0.4 is 0 Å². The van der Waals surface area contributed by atoms with Crippen LogP contribution in [0.25, 0.3) is 11.1 Å². The standard InChI is InChI=1S/C25H28/c1-3-11-19(12-4-1)25(20-13-5-2-6-14-20)23-17-9-7-15-21(23)22-16-8-10-18-24(22)25/h7-9,15,17-20H,1-6,11-14H2. The molecule has 2 saturated carbocycles. The number of fused-ring (bicyclic) bond motifs is 3. The molecule has 3 aliphatic carbocycles. The first-order valence-corrected chi connectivity index (χ1v) is 10.4. The summed E-state index contributed by atoms with van der Waals surface area (Å²) in [5.41, 5.74) is 6.27. The minimum absolute atomic E-state index is 0.237. The van der Waals surface area contributed by atoms with Crippen molar-refractivity contribution in [2.45, 2.75) is 69.6 Å². The van der Waals surface area contributed by atoms with Crippen molar-refractivity contribution < 1.29 is 0 Å². The quantitative estimate of drug-likeness (QED) is 0.574. The fraction of sp³-hybridized carbons (Fsp3) is 0.520. The van der Waals surface area contributed by atoms with Crippen LogP contribution in [0.2, 0.25) is 0 Å². The second-order valence-electron chi connectivity index (χ2n) is 8.47. The fourth-order valence-electron chi connectivity index (χ4n) is 6.47. The van der Waals surface area contributed by atoms with E-state index in [1.165, 1.54) is 75.3 Å². The Bertz CT molecular complexity index is 679. The number of hydrogen-bond acceptors (Lipinski definition) is 0. The van der Waals surface area contributed by atoms with Crippen LogP contribution in [0.3, 0.4) is 0 Å². The smallest absolute Gasteiger partial charge is 0.0271 e. The molecule has 0 bridgehead atoms. The lowest BCUT2D eigenvalue weighted by molar-refractivity contribution is 0.137. The van der Waals surface area contributed by atoms with Gasteiger partial charge in [0.25, 0.3) is 0 Å². The average molecular weight is 328 g/mol. The molecule has 3 aliphatic rings. The van der Waals surface area contributed by atoms with Crippen molar-refractivity contribution in [3.05, 3.63) is 59.7 Å². The third-order valence-corrected chi connectivity index (χ3v) is 7.38. The minimum atomic E-state index is 0.237. The van der Waals surface area contributed by atoms with Crippen LogP contribution in [0.15, 0.2) is 36.4 Å². The summed E-state index contributed by atoms with van der Waals surface area (Å²) in [6.07, 6.45) is 14.1. The van der Waals surface area contributed by atoms with Crippen LogP contribution in [-0.4, -0.2) is 0 Å². The zero-order valence-corrected chi connectivity index (χ0v) is 15.2. The number of benzene rings is 2. The van der Waals surface area contributed by atoms with E-state index in [0.717, 1.165) is 11.8 Å². The van der Waals surface area contributed by atoms with E-state index in [-0.39, 0.29) is 5.41 Å². The molecule has 0 amide bonds. The molecule has 0 heteroatoms. The third-order valence-electron chi connectivity index (χ3n) is 7.38. The van der Waals surface area contributed by atoms with E-state index >= 15 is 0 Å². The Labute approximate surface area is 152 Å². The predicted octanol–water partition coefficient (Wildman–Crippen LogP) is 6.71. The van der Waals surface area contributed by atoms with Gasteiger partial charge in [-0.2, -0.15) is 0 Å². The highest BCUT2D eigenvalue weighted by Gasteiger charge is 2.52. The van der Waals surface area contributed by atoms with Gasteiger partial charge in [-0.05, 0) is 84.0 Å². The first-order valence-electron chi connectivity index (χ1n) is 10.4. The Hall–Kier alpha value is -1.56. The maximum atomic E-state index is 3.58. The Balaban J connectivity index is 1.76. The topological polar surface area (TPSA) is 0 Å². The van der Waals surface area contributed by atoms with Gasteiger partial charge in [-0.25, -0.2) is 0 Å². The second-order valence-corrected chi connectivity index (χ2v) is 8.47. The highest BCUT2D eigenvalue weighted by molar-refractivity contribution is 5.81. The molecule has 0 saturated heterocycles. The highest BCUT2D eigenvalue weighted by Crippen LogP contribution is 2.61. The zero-order valence-electron chi connectivity index (χ0n) is 15.2. The highest BCUT2D eigenvalue weighted by atomic mass is 14.6. The Morgan fingerprint density at radius 2 is 1.40 bits per heavy atom. The maximum absolute atomic E-state index is 3.58. The van der Waals surface area contributed by atoms with Gasteiger partial charge in [0.2, 0.25) is 0 Å². The molecule has 0 atom stereocenters. The third kappa shape index (κ3) is 2.26. The SMILES string of the molecule is [c]1c[c]c2c(c1)C(C1CCCCC1)(C1CCCCC1)c1ccccc1-2. The van der Waals surface area contributed by atoms with Gasteiger partial charge in [0.1, 0.15) is 0 Å². The summed E-state index contributed by atoms with van der Waals surface area (Å²) in [6, 6.07) is 20.6. The Morgan fingerprint density at radius 3 is 2.08 bits per heavy atom. The lowest BCUT2D eigenvalue weighted by Gasteiger charge is -2.48. The van der Waals surface area contributed by atoms with Crippen LogP contribution in [0.1, 0.15) is 75.3 Å². The fourth-order valence-corrected chi connectivity index (χ4v) is 6.47. The van der Waals surface area contributed by atoms with Crippen LogP contribution in [0.5, 0.6) is 0 Å². The molecule has 0 unspecified atom stereocenters. The summed E-state index contributed by atoms with van der Waals surface area (Å²) in [7, 11) is 0. The molecular formula is C25H28. The van der Waals surface area contributed by atoms with Crippen molar-refractivity contribution in [3.8, 4) is 11.1 Å². The number of rotatable bonds is 2. The molecule has 2 radical (unpaired) electrons. The van der Waals surface area contributed by atoms with E-state index < -0.39 is 0 Å². The van der Waals surface area contributed by atoms with Crippen LogP contribution in [0.4, 0.5) is 0 Å². The van der Waals surface area contributed by atoms with Gasteiger partial charge in [-0.1, -0.05) is 62.8 Å². The van der Waals surface area contributed by atoms with E-state index in [2.05, 4.69) is 42.5 Å². The van der Waals surface area contributed by atoms with Crippen molar-refractivity contribution in [2.24, 2.45) is 11.8 Å². The van der Waals surface area contributed by atoms with Gasteiger partial charge in [0.05, 0.1) is 0 Å². The molecule has 0 nitrogen and oxygen atoms in total. The monoisotopic (exact) mass is 328 g/mol. The summed E-state index contributed by atoms with van der Waals surface area (Å²) >= 11 is 0. The van der Waals surface area contributed by atoms with Crippen LogP contribution in [-0.2, 0) is 5.41 Å². The van der Waals surface area contributed by atoms with Crippen molar-refractivity contribution in [1.82, 2.24) is 0 Å². The van der Waals surface area contributed by atoms with Crippen molar-refractivity contribution in [1.29, 1.82) is 0 Å². The second kappa shape index (κ2) is 6.31. The molecule has 5 rings (SSSR count). The predicted molar refractivity (Wildman–Crippen MR) is 103 cm³/mol. The molecule has 25 heavy (non-hydrogen) atoms. The van der Waals surface area contributed by atoms with Crippen molar-refractivity contribution in [3.63, 3.8) is 0 Å². The molecule has 0 aromatic heterocycles. The van der Waals surface area contributed by atoms with Crippen LogP contribution in [0, 0.1) is 24.0 Å². The van der Waals surface area contributed by atoms with Gasteiger partial charge >= 0.3 is 0 Å². The first kappa shape index (κ1) is 15.7. The molecule has 0 spiro atoms. The lowest BCUT2D eigenvalue weighted by atomic mass is 9.55. The zero-order chi connectivity index (χ0) is 16.7. The molecule has 128 valence electrons. The molecule has 2 aromatic carbocycles. The van der Waals surface area contributed by atoms with Crippen molar-refractivity contribution >= 4 is 0 Å². The van der Waals surface area contributed by atoms with Gasteiger partial charge < -0.3 is 0 Å². The largest absolute Gasteiger partial charge is 0.0619 e. The summed E-state index contributed by atoms with van der Waals surface area (Å²) in [5, 5.41) is 0. The van der Waals surface area contributed by atoms with E-state index in [1.54, 1.807) is 11.1 Å². The van der Waals surface area contributed by atoms with Gasteiger partial charge in [-0.3, -0.25) is 0 Å². The molecule has 0 N–H and O–H groups in total. The van der Waals surface area contributed by atoms with Crippen LogP contribution >= 0.6 is 0 Å². The normalized spacial score (nSPS) is 23.2. The summed E-state index contributed by atoms with van der Waals surface area (Å²) in [6.45, 7) is 0. The Morgan fingerprint density at radius 1 is 0.760 bits per heavy atom. The molecule has 2 aromatic rings. The Kier molecular flexibility index (Phi) is 3.95. The van der Waals surface area contributed by atoms with E-state index in [4.69, 9.17) is 0 Å².